The number of hydrogen-bond acceptors (Lipinski definition) is 1. The molecule has 0 aliphatic carbocycles. The van der Waals surface area contributed by atoms with Gasteiger partial charge in [0.1, 0.15) is 0 Å². The first-order chi connectivity index (χ1) is 6.70. The van der Waals surface area contributed by atoms with Gasteiger partial charge in [-0.05, 0) is 44.5 Å². The van der Waals surface area contributed by atoms with E-state index in [1.165, 1.54) is 22.6 Å². The molecule has 0 spiro atoms. The van der Waals surface area contributed by atoms with Crippen molar-refractivity contribution in [2.75, 3.05) is 0 Å². The zero-order valence-corrected chi connectivity index (χ0v) is 8.78. The van der Waals surface area contributed by atoms with E-state index in [4.69, 9.17) is 0 Å². The standard InChI is InChI=1S/C12H14N2/c1-9-6-7-13-8-12(9)14-10(2)4-5-11(14)3/h4-8H,1-3H3. The molecule has 2 aromatic heterocycles. The Morgan fingerprint density at radius 1 is 1.00 bits per heavy atom. The van der Waals surface area contributed by atoms with E-state index >= 15 is 0 Å². The molecule has 14 heavy (non-hydrogen) atoms. The highest BCUT2D eigenvalue weighted by Crippen LogP contribution is 2.18. The summed E-state index contributed by atoms with van der Waals surface area (Å²) in [7, 11) is 0. The van der Waals surface area contributed by atoms with Crippen molar-refractivity contribution in [3.05, 3.63) is 47.5 Å². The Kier molecular flexibility index (Phi) is 2.12. The van der Waals surface area contributed by atoms with E-state index in [0.717, 1.165) is 0 Å². The molecular weight excluding hydrogens is 172 g/mol. The lowest BCUT2D eigenvalue weighted by atomic mass is 10.2. The maximum atomic E-state index is 4.16. The second kappa shape index (κ2) is 3.29. The Bertz CT molecular complexity index is 436. The Balaban J connectivity index is 2.66. The Morgan fingerprint density at radius 3 is 2.21 bits per heavy atom. The third-order valence-corrected chi connectivity index (χ3v) is 2.52. The van der Waals surface area contributed by atoms with Crippen LogP contribution in [0.25, 0.3) is 5.69 Å². The van der Waals surface area contributed by atoms with Crippen LogP contribution in [-0.2, 0) is 0 Å². The number of pyridine rings is 1. The van der Waals surface area contributed by atoms with Crippen LogP contribution in [0.2, 0.25) is 0 Å². The number of rotatable bonds is 1. The van der Waals surface area contributed by atoms with E-state index in [1.807, 2.05) is 18.5 Å². The highest BCUT2D eigenvalue weighted by atomic mass is 15.0. The second-order valence-corrected chi connectivity index (χ2v) is 3.61. The van der Waals surface area contributed by atoms with Gasteiger partial charge in [-0.1, -0.05) is 0 Å². The predicted octanol–water partition coefficient (Wildman–Crippen LogP) is 2.80. The summed E-state index contributed by atoms with van der Waals surface area (Å²) in [5.74, 6) is 0. The first-order valence-corrected chi connectivity index (χ1v) is 4.76. The van der Waals surface area contributed by atoms with Gasteiger partial charge in [-0.2, -0.15) is 0 Å². The molecule has 0 radical (unpaired) electrons. The summed E-state index contributed by atoms with van der Waals surface area (Å²) in [5.41, 5.74) is 4.92. The molecule has 0 saturated carbocycles. The quantitative estimate of drug-likeness (QED) is 0.669. The third-order valence-electron chi connectivity index (χ3n) is 2.52. The van der Waals surface area contributed by atoms with Crippen LogP contribution in [0.4, 0.5) is 0 Å². The lowest BCUT2D eigenvalue weighted by Crippen LogP contribution is -2.01. The van der Waals surface area contributed by atoms with E-state index in [9.17, 15) is 0 Å². The van der Waals surface area contributed by atoms with Gasteiger partial charge in [-0.15, -0.1) is 0 Å². The van der Waals surface area contributed by atoms with Gasteiger partial charge in [0.25, 0.3) is 0 Å². The molecule has 0 unspecified atom stereocenters. The average Bonchev–Trinajstić information content (AvgIpc) is 2.48. The summed E-state index contributed by atoms with van der Waals surface area (Å²) >= 11 is 0. The molecule has 72 valence electrons. The van der Waals surface area contributed by atoms with Gasteiger partial charge in [0.2, 0.25) is 0 Å². The molecule has 2 nitrogen and oxygen atoms in total. The minimum absolute atomic E-state index is 1.17. The van der Waals surface area contributed by atoms with Crippen LogP contribution in [-0.4, -0.2) is 9.55 Å². The van der Waals surface area contributed by atoms with E-state index in [2.05, 4.69) is 42.5 Å². The van der Waals surface area contributed by atoms with E-state index in [0.29, 0.717) is 0 Å². The van der Waals surface area contributed by atoms with Crippen LogP contribution < -0.4 is 0 Å². The maximum absolute atomic E-state index is 4.16. The zero-order valence-electron chi connectivity index (χ0n) is 8.78. The molecule has 2 heterocycles. The van der Waals surface area contributed by atoms with Gasteiger partial charge >= 0.3 is 0 Å². The number of nitrogens with zero attached hydrogens (tertiary/aromatic N) is 2. The van der Waals surface area contributed by atoms with E-state index in [-0.39, 0.29) is 0 Å². The molecule has 0 amide bonds. The summed E-state index contributed by atoms with van der Waals surface area (Å²) in [5, 5.41) is 0. The van der Waals surface area contributed by atoms with Crippen LogP contribution in [0.5, 0.6) is 0 Å². The lowest BCUT2D eigenvalue weighted by molar-refractivity contribution is 0.944. The largest absolute Gasteiger partial charge is 0.317 e. The summed E-state index contributed by atoms with van der Waals surface area (Å²) < 4.78 is 2.22. The van der Waals surface area contributed by atoms with Crippen LogP contribution in [0.3, 0.4) is 0 Å². The average molecular weight is 186 g/mol. The molecule has 0 fully saturated rings. The number of aryl methyl sites for hydroxylation is 3. The van der Waals surface area contributed by atoms with Crippen LogP contribution >= 0.6 is 0 Å². The predicted molar refractivity (Wildman–Crippen MR) is 57.8 cm³/mol. The van der Waals surface area contributed by atoms with Crippen molar-refractivity contribution in [2.24, 2.45) is 0 Å². The third kappa shape index (κ3) is 1.33. The summed E-state index contributed by atoms with van der Waals surface area (Å²) in [6.45, 7) is 6.33. The fourth-order valence-corrected chi connectivity index (χ4v) is 1.74. The number of hydrogen-bond donors (Lipinski definition) is 0. The van der Waals surface area contributed by atoms with Crippen molar-refractivity contribution >= 4 is 0 Å². The van der Waals surface area contributed by atoms with E-state index < -0.39 is 0 Å². The van der Waals surface area contributed by atoms with Crippen molar-refractivity contribution in [3.8, 4) is 5.69 Å². The summed E-state index contributed by atoms with van der Waals surface area (Å²) in [6.07, 6.45) is 3.74. The molecule has 2 aromatic rings. The molecule has 0 N–H and O–H groups in total. The SMILES string of the molecule is Cc1ccncc1-n1c(C)ccc1C. The van der Waals surface area contributed by atoms with E-state index in [1.54, 1.807) is 0 Å². The van der Waals surface area contributed by atoms with Crippen molar-refractivity contribution in [1.82, 2.24) is 9.55 Å². The minimum Gasteiger partial charge on any atom is -0.317 e. The monoisotopic (exact) mass is 186 g/mol. The Morgan fingerprint density at radius 2 is 1.64 bits per heavy atom. The molecule has 0 aromatic carbocycles. The molecule has 0 aliphatic rings. The van der Waals surface area contributed by atoms with Crippen molar-refractivity contribution in [1.29, 1.82) is 0 Å². The smallest absolute Gasteiger partial charge is 0.0667 e. The topological polar surface area (TPSA) is 17.8 Å². The fourth-order valence-electron chi connectivity index (χ4n) is 1.74. The maximum Gasteiger partial charge on any atom is 0.0667 e. The first-order valence-electron chi connectivity index (χ1n) is 4.76. The lowest BCUT2D eigenvalue weighted by Gasteiger charge is -2.11. The molecule has 0 atom stereocenters. The van der Waals surface area contributed by atoms with Gasteiger partial charge in [-0.3, -0.25) is 4.98 Å². The summed E-state index contributed by atoms with van der Waals surface area (Å²) in [6, 6.07) is 6.29. The van der Waals surface area contributed by atoms with Crippen LogP contribution in [0, 0.1) is 20.8 Å². The van der Waals surface area contributed by atoms with Gasteiger partial charge in [0, 0.05) is 17.6 Å². The Labute approximate surface area is 84.2 Å². The normalized spacial score (nSPS) is 10.5. The highest BCUT2D eigenvalue weighted by Gasteiger charge is 2.05. The van der Waals surface area contributed by atoms with Crippen LogP contribution in [0.15, 0.2) is 30.6 Å². The van der Waals surface area contributed by atoms with Crippen molar-refractivity contribution < 1.29 is 0 Å². The molecule has 2 rings (SSSR count). The van der Waals surface area contributed by atoms with Crippen molar-refractivity contribution in [3.63, 3.8) is 0 Å². The molecule has 0 bridgehead atoms. The highest BCUT2D eigenvalue weighted by molar-refractivity contribution is 5.41. The molecule has 0 saturated heterocycles. The van der Waals surface area contributed by atoms with Crippen LogP contribution in [0.1, 0.15) is 17.0 Å². The molecule has 0 aliphatic heterocycles. The van der Waals surface area contributed by atoms with Crippen molar-refractivity contribution in [2.45, 2.75) is 20.8 Å². The first kappa shape index (κ1) is 9.00. The second-order valence-electron chi connectivity index (χ2n) is 3.61. The minimum atomic E-state index is 1.17. The fraction of sp³-hybridized carbons (Fsp3) is 0.250. The van der Waals surface area contributed by atoms with Gasteiger partial charge in [0.15, 0.2) is 0 Å². The molecular formula is C12H14N2. The summed E-state index contributed by atoms with van der Waals surface area (Å²) in [4.78, 5) is 4.16. The van der Waals surface area contributed by atoms with Gasteiger partial charge in [0.05, 0.1) is 11.9 Å². The van der Waals surface area contributed by atoms with Gasteiger partial charge < -0.3 is 4.57 Å². The zero-order chi connectivity index (χ0) is 10.1. The number of aromatic nitrogens is 2. The Hall–Kier alpha value is -1.57. The molecule has 2 heteroatoms. The van der Waals surface area contributed by atoms with Gasteiger partial charge in [-0.25, -0.2) is 0 Å².